The number of ketones is 2. The van der Waals surface area contributed by atoms with E-state index in [-0.39, 0.29) is 28.7 Å². The number of nitrogens with one attached hydrogen (secondary N) is 4. The maximum absolute atomic E-state index is 13.4. The van der Waals surface area contributed by atoms with Crippen molar-refractivity contribution in [2.75, 3.05) is 53.1 Å². The number of nitrogens with zero attached hydrogens (tertiary/aromatic N) is 4. The van der Waals surface area contributed by atoms with Gasteiger partial charge in [-0.1, -0.05) is 45.7 Å². The molecule has 15 heteroatoms. The second kappa shape index (κ2) is 24.8. The van der Waals surface area contributed by atoms with Gasteiger partial charge in [0.25, 0.3) is 5.91 Å². The summed E-state index contributed by atoms with van der Waals surface area (Å²) in [7, 11) is 1.85. The van der Waals surface area contributed by atoms with E-state index in [1.165, 1.54) is 0 Å². The molecule has 0 saturated carbocycles. The molecule has 0 aliphatic carbocycles. The lowest BCUT2D eigenvalue weighted by atomic mass is 9.93. The summed E-state index contributed by atoms with van der Waals surface area (Å²) in [5.74, 6) is 0.111. The molecule has 15 nitrogen and oxygen atoms in total. The lowest BCUT2D eigenvalue weighted by Crippen LogP contribution is -2.41. The summed E-state index contributed by atoms with van der Waals surface area (Å²) >= 11 is 0. The Labute approximate surface area is 365 Å². The van der Waals surface area contributed by atoms with Crippen molar-refractivity contribution in [2.24, 2.45) is 0 Å². The molecule has 61 heavy (non-hydrogen) atoms. The Morgan fingerprint density at radius 3 is 1.95 bits per heavy atom. The summed E-state index contributed by atoms with van der Waals surface area (Å²) in [4.78, 5) is 36.9. The standard InChI is InChI=1S/C46H78N8O7/c1-12-17-45(9,19-16-35(5)55)60-26-24-58-43(7,14-3)20-23-53-32-40(49-51-53)37-28-38(30-39(29-37)42(57)48-22-21-47-11)41-33-54(52-50-41)34-44(8,15-4)59-25-27-61-46(10,18-13-2)31-36(6)56/h28-30,32-33,47,49,51H,12-27,31,34H2,1-11H3,(H,48,57). The van der Waals surface area contributed by atoms with E-state index in [2.05, 4.69) is 73.4 Å². The average molecular weight is 855 g/mol. The van der Waals surface area contributed by atoms with Gasteiger partial charge in [-0.15, -0.1) is 10.6 Å². The fraction of sp³-hybridized carbons (Fsp3) is 0.717. The molecule has 344 valence electrons. The summed E-state index contributed by atoms with van der Waals surface area (Å²) < 4.78 is 27.0. The maximum atomic E-state index is 13.4. The largest absolute Gasteiger partial charge is 0.373 e. The molecule has 0 saturated heterocycles. The number of amides is 1. The highest BCUT2D eigenvalue weighted by Crippen LogP contribution is 2.29. The van der Waals surface area contributed by atoms with E-state index in [4.69, 9.17) is 18.9 Å². The minimum Gasteiger partial charge on any atom is -0.373 e. The molecule has 1 aromatic heterocycles. The molecular formula is C46H78N8O7. The maximum Gasteiger partial charge on any atom is 0.251 e. The zero-order valence-corrected chi connectivity index (χ0v) is 39.3. The van der Waals surface area contributed by atoms with Gasteiger partial charge in [0, 0.05) is 55.4 Å². The van der Waals surface area contributed by atoms with Gasteiger partial charge in [0.05, 0.1) is 67.3 Å². The molecule has 0 bridgehead atoms. The fourth-order valence-electron chi connectivity index (χ4n) is 7.56. The number of hydrogen-bond acceptors (Lipinski definition) is 13. The van der Waals surface area contributed by atoms with E-state index in [9.17, 15) is 14.4 Å². The van der Waals surface area contributed by atoms with Gasteiger partial charge in [-0.2, -0.15) is 0 Å². The lowest BCUT2D eigenvalue weighted by molar-refractivity contribution is -0.131. The van der Waals surface area contributed by atoms with E-state index in [0.717, 1.165) is 61.8 Å². The van der Waals surface area contributed by atoms with E-state index < -0.39 is 11.2 Å². The third-order valence-electron chi connectivity index (χ3n) is 11.6. The van der Waals surface area contributed by atoms with E-state index in [1.807, 2.05) is 56.5 Å². The number of Topliss-reactive ketones (excluding diaryl/α,β-unsaturated/α-hetero) is 2. The third kappa shape index (κ3) is 17.5. The van der Waals surface area contributed by atoms with E-state index in [1.54, 1.807) is 18.5 Å². The Morgan fingerprint density at radius 1 is 0.738 bits per heavy atom. The van der Waals surface area contributed by atoms with Crippen molar-refractivity contribution >= 4 is 23.2 Å². The first-order chi connectivity index (χ1) is 28.9. The van der Waals surface area contributed by atoms with Crippen molar-refractivity contribution in [3.05, 3.63) is 41.7 Å². The van der Waals surface area contributed by atoms with Crippen LogP contribution in [0, 0.1) is 0 Å². The molecule has 4 atom stereocenters. The predicted molar refractivity (Wildman–Crippen MR) is 240 cm³/mol. The highest BCUT2D eigenvalue weighted by molar-refractivity contribution is 5.96. The number of benzene rings is 1. The minimum atomic E-state index is -0.538. The Bertz CT molecular complexity index is 1720. The number of hydrazine groups is 2. The van der Waals surface area contributed by atoms with Crippen LogP contribution < -0.4 is 21.6 Å². The summed E-state index contributed by atoms with van der Waals surface area (Å²) in [5, 5.41) is 17.1. The Hall–Kier alpha value is -3.73. The highest BCUT2D eigenvalue weighted by atomic mass is 16.6. The summed E-state index contributed by atoms with van der Waals surface area (Å²) in [6.07, 6.45) is 11.4. The van der Waals surface area contributed by atoms with Crippen LogP contribution in [-0.4, -0.2) is 113 Å². The monoisotopic (exact) mass is 855 g/mol. The van der Waals surface area contributed by atoms with Gasteiger partial charge in [0.2, 0.25) is 0 Å². The number of likely N-dealkylation sites (N-methyl/N-ethyl adjacent to an activating group) is 1. The molecular weight excluding hydrogens is 777 g/mol. The van der Waals surface area contributed by atoms with Crippen LogP contribution in [0.4, 0.5) is 0 Å². The van der Waals surface area contributed by atoms with Crippen molar-refractivity contribution in [3.8, 4) is 11.3 Å². The van der Waals surface area contributed by atoms with Gasteiger partial charge in [-0.05, 0) is 105 Å². The molecule has 1 amide bonds. The first-order valence-electron chi connectivity index (χ1n) is 22.5. The van der Waals surface area contributed by atoms with Crippen LogP contribution in [0.3, 0.4) is 0 Å². The quantitative estimate of drug-likeness (QED) is 0.0569. The highest BCUT2D eigenvalue weighted by Gasteiger charge is 2.30. The molecule has 2 heterocycles. The SMILES string of the molecule is CCCC(C)(CCC(C)=O)OCCOC(C)(CC)CCN1C=C(c2cc(C(=O)NCCNC)cc(-c3cn(CC(C)(CC)OCCOC(C)(CCC)CC(C)=O)nn3)c2)NN1. The average Bonchev–Trinajstić information content (AvgIpc) is 3.90. The van der Waals surface area contributed by atoms with E-state index >= 15 is 0 Å². The second-order valence-electron chi connectivity index (χ2n) is 17.7. The molecule has 1 aliphatic rings. The van der Waals surface area contributed by atoms with Crippen molar-refractivity contribution < 1.29 is 33.3 Å². The number of carbonyl (C=O) groups is 3. The summed E-state index contributed by atoms with van der Waals surface area (Å²) in [6.45, 7) is 23.9. The van der Waals surface area contributed by atoms with Gasteiger partial charge >= 0.3 is 0 Å². The lowest BCUT2D eigenvalue weighted by Gasteiger charge is -2.33. The molecule has 3 rings (SSSR count). The number of hydrogen-bond donors (Lipinski definition) is 4. The van der Waals surface area contributed by atoms with Crippen LogP contribution in [0.5, 0.6) is 0 Å². The van der Waals surface area contributed by atoms with Crippen molar-refractivity contribution in [3.63, 3.8) is 0 Å². The molecule has 1 aliphatic heterocycles. The summed E-state index contributed by atoms with van der Waals surface area (Å²) in [6, 6.07) is 5.73. The molecule has 0 spiro atoms. The fourth-order valence-corrected chi connectivity index (χ4v) is 7.56. The molecule has 0 radical (unpaired) electrons. The minimum absolute atomic E-state index is 0.115. The van der Waals surface area contributed by atoms with Gasteiger partial charge in [0.1, 0.15) is 17.3 Å². The number of ether oxygens (including phenoxy) is 4. The number of aromatic nitrogens is 3. The third-order valence-corrected chi connectivity index (χ3v) is 11.6. The first kappa shape index (κ1) is 51.6. The zero-order valence-electron chi connectivity index (χ0n) is 39.3. The smallest absolute Gasteiger partial charge is 0.251 e. The van der Waals surface area contributed by atoms with Crippen LogP contribution in [0.15, 0.2) is 30.6 Å². The molecule has 4 unspecified atom stereocenters. The number of rotatable bonds is 32. The van der Waals surface area contributed by atoms with Crippen LogP contribution in [0.2, 0.25) is 0 Å². The van der Waals surface area contributed by atoms with Crippen LogP contribution in [-0.2, 0) is 35.1 Å². The second-order valence-corrected chi connectivity index (χ2v) is 17.7. The van der Waals surface area contributed by atoms with Crippen LogP contribution in [0.25, 0.3) is 17.0 Å². The molecule has 0 fully saturated rings. The van der Waals surface area contributed by atoms with Gasteiger partial charge < -0.3 is 39.8 Å². The topological polar surface area (TPSA) is 170 Å². The molecule has 1 aromatic carbocycles. The van der Waals surface area contributed by atoms with Crippen molar-refractivity contribution in [1.29, 1.82) is 0 Å². The van der Waals surface area contributed by atoms with Crippen molar-refractivity contribution in [1.82, 2.24) is 41.6 Å². The zero-order chi connectivity index (χ0) is 45.1. The molecule has 4 N–H and O–H groups in total. The van der Waals surface area contributed by atoms with Crippen LogP contribution >= 0.6 is 0 Å². The summed E-state index contributed by atoms with van der Waals surface area (Å²) in [5.41, 5.74) is 8.32. The van der Waals surface area contributed by atoms with Crippen molar-refractivity contribution in [2.45, 2.75) is 162 Å². The van der Waals surface area contributed by atoms with Gasteiger partial charge in [-0.25, -0.2) is 4.68 Å². The van der Waals surface area contributed by atoms with Gasteiger partial charge in [0.15, 0.2) is 0 Å². The van der Waals surface area contributed by atoms with Crippen LogP contribution in [0.1, 0.15) is 149 Å². The Morgan fingerprint density at radius 2 is 1.34 bits per heavy atom. The predicted octanol–water partition coefficient (Wildman–Crippen LogP) is 6.78. The number of carbonyl (C=O) groups excluding carboxylic acids is 3. The van der Waals surface area contributed by atoms with Gasteiger partial charge in [-0.3, -0.25) is 14.6 Å². The Kier molecular flexibility index (Phi) is 21.0. The normalized spacial score (nSPS) is 16.8. The van der Waals surface area contributed by atoms with E-state index in [0.29, 0.717) is 83.1 Å². The Balaban J connectivity index is 1.72. The molecule has 2 aromatic rings. The first-order valence-corrected chi connectivity index (χ1v) is 22.5.